The number of hydrogen-bond acceptors (Lipinski definition) is 3. The van der Waals surface area contributed by atoms with Gasteiger partial charge in [-0.15, -0.1) is 0 Å². The smallest absolute Gasteiger partial charge is 0.305 e. The number of amides is 2. The Labute approximate surface area is 162 Å². The van der Waals surface area contributed by atoms with Crippen LogP contribution in [0.3, 0.4) is 0 Å². The quantitative estimate of drug-likeness (QED) is 0.646. The molecular weight excluding hydrogens is 368 g/mol. The molecule has 2 amide bonds. The second-order valence-corrected chi connectivity index (χ2v) is 6.64. The maximum atomic E-state index is 12.3. The highest BCUT2D eigenvalue weighted by Gasteiger charge is 2.14. The molecule has 27 heavy (non-hydrogen) atoms. The third-order valence-electron chi connectivity index (χ3n) is 3.92. The van der Waals surface area contributed by atoms with Gasteiger partial charge in [0.25, 0.3) is 5.91 Å². The number of halogens is 1. The molecule has 2 aromatic carbocycles. The van der Waals surface area contributed by atoms with Crippen LogP contribution >= 0.6 is 11.6 Å². The third kappa shape index (κ3) is 6.75. The Morgan fingerprint density at radius 1 is 1.11 bits per heavy atom. The van der Waals surface area contributed by atoms with E-state index in [1.807, 2.05) is 25.1 Å². The Bertz CT molecular complexity index is 821. The van der Waals surface area contributed by atoms with Crippen LogP contribution in [0.1, 0.15) is 29.3 Å². The van der Waals surface area contributed by atoms with Crippen LogP contribution in [0, 0.1) is 5.92 Å². The highest BCUT2D eigenvalue weighted by Crippen LogP contribution is 2.16. The van der Waals surface area contributed by atoms with Gasteiger partial charge < -0.3 is 15.7 Å². The van der Waals surface area contributed by atoms with Gasteiger partial charge in [-0.25, -0.2) is 0 Å². The Balaban J connectivity index is 1.88. The minimum atomic E-state index is -0.972. The van der Waals surface area contributed by atoms with Crippen molar-refractivity contribution in [3.8, 4) is 0 Å². The molecule has 0 heterocycles. The van der Waals surface area contributed by atoms with Crippen LogP contribution in [0.2, 0.25) is 5.02 Å². The predicted molar refractivity (Wildman–Crippen MR) is 104 cm³/mol. The summed E-state index contributed by atoms with van der Waals surface area (Å²) in [5, 5.41) is 14.5. The monoisotopic (exact) mass is 388 g/mol. The molecule has 0 aliphatic heterocycles. The number of benzene rings is 2. The van der Waals surface area contributed by atoms with E-state index in [1.165, 1.54) is 0 Å². The first-order valence-electron chi connectivity index (χ1n) is 8.50. The average Bonchev–Trinajstić information content (AvgIpc) is 2.62. The van der Waals surface area contributed by atoms with Gasteiger partial charge in [-0.3, -0.25) is 14.4 Å². The van der Waals surface area contributed by atoms with E-state index in [9.17, 15) is 14.4 Å². The molecule has 0 aliphatic carbocycles. The minimum Gasteiger partial charge on any atom is -0.481 e. The van der Waals surface area contributed by atoms with Gasteiger partial charge in [-0.1, -0.05) is 30.7 Å². The van der Waals surface area contributed by atoms with Gasteiger partial charge in [0.15, 0.2) is 0 Å². The summed E-state index contributed by atoms with van der Waals surface area (Å²) in [5.41, 5.74) is 1.96. The first kappa shape index (κ1) is 20.5. The van der Waals surface area contributed by atoms with Gasteiger partial charge >= 0.3 is 5.97 Å². The lowest BCUT2D eigenvalue weighted by molar-refractivity contribution is -0.136. The normalized spacial score (nSPS) is 11.5. The molecule has 3 N–H and O–H groups in total. The molecule has 2 rings (SSSR count). The molecule has 0 radical (unpaired) electrons. The van der Waals surface area contributed by atoms with Crippen LogP contribution in [0.15, 0.2) is 48.5 Å². The van der Waals surface area contributed by atoms with Crippen LogP contribution in [0.25, 0.3) is 0 Å². The molecule has 1 atom stereocenters. The van der Waals surface area contributed by atoms with Gasteiger partial charge in [-0.2, -0.15) is 0 Å². The summed E-state index contributed by atoms with van der Waals surface area (Å²) < 4.78 is 0. The summed E-state index contributed by atoms with van der Waals surface area (Å²) in [7, 11) is 0. The van der Waals surface area contributed by atoms with Crippen molar-refractivity contribution in [2.24, 2.45) is 5.92 Å². The largest absolute Gasteiger partial charge is 0.481 e. The molecule has 0 saturated heterocycles. The van der Waals surface area contributed by atoms with E-state index < -0.39 is 5.97 Å². The van der Waals surface area contributed by atoms with Crippen LogP contribution in [0.4, 0.5) is 5.69 Å². The number of carboxylic acid groups (broad SMARTS) is 1. The van der Waals surface area contributed by atoms with Crippen LogP contribution < -0.4 is 10.6 Å². The Morgan fingerprint density at radius 2 is 1.81 bits per heavy atom. The van der Waals surface area contributed by atoms with Gasteiger partial charge in [0.2, 0.25) is 5.91 Å². The molecule has 0 aromatic heterocycles. The molecule has 0 saturated carbocycles. The number of carboxylic acids is 1. The van der Waals surface area contributed by atoms with Gasteiger partial charge in [0.1, 0.15) is 0 Å². The fourth-order valence-electron chi connectivity index (χ4n) is 2.47. The first-order chi connectivity index (χ1) is 12.8. The van der Waals surface area contributed by atoms with E-state index in [2.05, 4.69) is 10.6 Å². The lowest BCUT2D eigenvalue weighted by atomic mass is 10.0. The molecule has 142 valence electrons. The number of carbonyl (C=O) groups excluding carboxylic acids is 2. The first-order valence-corrected chi connectivity index (χ1v) is 8.88. The maximum absolute atomic E-state index is 12.3. The summed E-state index contributed by atoms with van der Waals surface area (Å²) in [4.78, 5) is 34.7. The number of aliphatic carboxylic acids is 1. The van der Waals surface area contributed by atoms with E-state index in [0.29, 0.717) is 22.7 Å². The number of carbonyl (C=O) groups is 3. The molecule has 0 aliphatic rings. The van der Waals surface area contributed by atoms with Gasteiger partial charge in [0, 0.05) is 28.7 Å². The van der Waals surface area contributed by atoms with Crippen molar-refractivity contribution >= 4 is 35.1 Å². The number of anilines is 1. The van der Waals surface area contributed by atoms with Crippen molar-refractivity contribution in [3.05, 3.63) is 64.7 Å². The van der Waals surface area contributed by atoms with Crippen LogP contribution in [-0.4, -0.2) is 29.4 Å². The SMILES string of the molecule is CC(Cc1cccc(Cl)c1)C(=O)Nc1ccc(C(=O)NCCC(=O)O)cc1. The van der Waals surface area contributed by atoms with Gasteiger partial charge in [-0.05, 0) is 48.4 Å². The second kappa shape index (κ2) is 9.73. The Morgan fingerprint density at radius 3 is 2.44 bits per heavy atom. The summed E-state index contributed by atoms with van der Waals surface area (Å²) in [6, 6.07) is 13.8. The topological polar surface area (TPSA) is 95.5 Å². The molecule has 0 spiro atoms. The summed E-state index contributed by atoms with van der Waals surface area (Å²) in [5.74, 6) is -1.71. The molecule has 2 aromatic rings. The van der Waals surface area contributed by atoms with E-state index in [1.54, 1.807) is 30.3 Å². The number of nitrogens with one attached hydrogen (secondary N) is 2. The van der Waals surface area contributed by atoms with Crippen molar-refractivity contribution < 1.29 is 19.5 Å². The summed E-state index contributed by atoms with van der Waals surface area (Å²) >= 11 is 5.96. The highest BCUT2D eigenvalue weighted by molar-refractivity contribution is 6.30. The van der Waals surface area contributed by atoms with Crippen molar-refractivity contribution in [1.29, 1.82) is 0 Å². The second-order valence-electron chi connectivity index (χ2n) is 6.20. The van der Waals surface area contributed by atoms with Crippen molar-refractivity contribution in [3.63, 3.8) is 0 Å². The third-order valence-corrected chi connectivity index (χ3v) is 4.15. The van der Waals surface area contributed by atoms with Crippen LogP contribution in [0.5, 0.6) is 0 Å². The molecule has 6 nitrogen and oxygen atoms in total. The minimum absolute atomic E-state index is 0.0632. The molecule has 0 bridgehead atoms. The van der Waals surface area contributed by atoms with Gasteiger partial charge in [0.05, 0.1) is 6.42 Å². The average molecular weight is 389 g/mol. The standard InChI is InChI=1S/C20H21ClN2O4/c1-13(11-14-3-2-4-16(21)12-14)19(26)23-17-7-5-15(6-8-17)20(27)22-10-9-18(24)25/h2-8,12-13H,9-11H2,1H3,(H,22,27)(H,23,26)(H,24,25). The van der Waals surface area contributed by atoms with Crippen molar-refractivity contribution in [2.75, 3.05) is 11.9 Å². The highest BCUT2D eigenvalue weighted by atomic mass is 35.5. The number of rotatable bonds is 8. The Hall–Kier alpha value is -2.86. The molecule has 7 heteroatoms. The summed E-state index contributed by atoms with van der Waals surface area (Å²) in [6.07, 6.45) is 0.431. The molecule has 0 fully saturated rings. The van der Waals surface area contributed by atoms with Crippen molar-refractivity contribution in [1.82, 2.24) is 5.32 Å². The zero-order chi connectivity index (χ0) is 19.8. The maximum Gasteiger partial charge on any atom is 0.305 e. The van der Waals surface area contributed by atoms with E-state index >= 15 is 0 Å². The fourth-order valence-corrected chi connectivity index (χ4v) is 2.68. The summed E-state index contributed by atoms with van der Waals surface area (Å²) in [6.45, 7) is 1.90. The zero-order valence-electron chi connectivity index (χ0n) is 14.9. The lowest BCUT2D eigenvalue weighted by Crippen LogP contribution is -2.26. The fraction of sp³-hybridized carbons (Fsp3) is 0.250. The van der Waals surface area contributed by atoms with Crippen molar-refractivity contribution in [2.45, 2.75) is 19.8 Å². The van der Waals surface area contributed by atoms with E-state index in [4.69, 9.17) is 16.7 Å². The Kier molecular flexibility index (Phi) is 7.37. The van der Waals surface area contributed by atoms with E-state index in [-0.39, 0.29) is 30.7 Å². The molecule has 1 unspecified atom stereocenters. The van der Waals surface area contributed by atoms with Crippen LogP contribution in [-0.2, 0) is 16.0 Å². The molecular formula is C20H21ClN2O4. The van der Waals surface area contributed by atoms with E-state index in [0.717, 1.165) is 5.56 Å². The predicted octanol–water partition coefficient (Wildman–Crippen LogP) is 3.36. The lowest BCUT2D eigenvalue weighted by Gasteiger charge is -2.13. The number of hydrogen-bond donors (Lipinski definition) is 3. The zero-order valence-corrected chi connectivity index (χ0v) is 15.6.